The van der Waals surface area contributed by atoms with Gasteiger partial charge < -0.3 is 4.74 Å². The first-order valence-corrected chi connectivity index (χ1v) is 10.3. The van der Waals surface area contributed by atoms with Crippen molar-refractivity contribution < 1.29 is 9.53 Å². The Bertz CT molecular complexity index is 936. The monoisotopic (exact) mass is 372 g/mol. The Hall–Kier alpha value is -1.52. The van der Waals surface area contributed by atoms with Gasteiger partial charge in [-0.25, -0.2) is 4.79 Å². The summed E-state index contributed by atoms with van der Waals surface area (Å²) in [5.41, 5.74) is 5.48. The van der Waals surface area contributed by atoms with E-state index in [0.717, 1.165) is 10.8 Å². The van der Waals surface area contributed by atoms with Gasteiger partial charge in [0.2, 0.25) is 0 Å². The van der Waals surface area contributed by atoms with Crippen LogP contribution in [0.25, 0.3) is 10.5 Å². The third-order valence-corrected chi connectivity index (χ3v) is 6.30. The molecule has 2 aromatic rings. The number of thiophene rings is 1. The molecule has 1 aromatic heterocycles. The molecule has 1 aliphatic rings. The number of esters is 1. The van der Waals surface area contributed by atoms with Crippen LogP contribution in [0.2, 0.25) is 0 Å². The highest BCUT2D eigenvalue weighted by atomic mass is 32.2. The van der Waals surface area contributed by atoms with Crippen LogP contribution in [0, 0.1) is 20.8 Å². The van der Waals surface area contributed by atoms with Crippen molar-refractivity contribution in [2.75, 3.05) is 5.75 Å². The quantitative estimate of drug-likeness (QED) is 0.744. The van der Waals surface area contributed by atoms with Gasteiger partial charge in [0.1, 0.15) is 5.60 Å². The van der Waals surface area contributed by atoms with E-state index in [-0.39, 0.29) is 5.97 Å². The molecule has 0 radical (unpaired) electrons. The van der Waals surface area contributed by atoms with Crippen LogP contribution >= 0.6 is 23.1 Å². The first-order valence-electron chi connectivity index (χ1n) is 8.43. The van der Waals surface area contributed by atoms with Gasteiger partial charge in [0.15, 0.2) is 0 Å². The van der Waals surface area contributed by atoms with Crippen LogP contribution in [0.1, 0.15) is 43.0 Å². The number of thioether (sulfide) groups is 1. The molecule has 0 spiro atoms. The standard InChI is InChI=1S/C21H24O2S2/c1-12-9-13(2)17(14(3)10-12)19-18-15(7-8-24-18)16(11-25-19)20(22)23-21(4,5)6/h7-10H,11H2,1-6H3. The van der Waals surface area contributed by atoms with Crippen molar-refractivity contribution in [3.8, 4) is 0 Å². The first-order chi connectivity index (χ1) is 11.7. The molecule has 3 rings (SSSR count). The number of carbonyl (C=O) groups excluding carboxylic acids is 1. The molecule has 1 aliphatic heterocycles. The fraction of sp³-hybridized carbons (Fsp3) is 0.381. The minimum Gasteiger partial charge on any atom is -0.457 e. The van der Waals surface area contributed by atoms with Crippen LogP contribution in [0.3, 0.4) is 0 Å². The molecule has 0 atom stereocenters. The summed E-state index contributed by atoms with van der Waals surface area (Å²) < 4.78 is 6.80. The van der Waals surface area contributed by atoms with Gasteiger partial charge in [-0.1, -0.05) is 17.7 Å². The Morgan fingerprint density at radius 1 is 1.12 bits per heavy atom. The Morgan fingerprint density at radius 3 is 2.36 bits per heavy atom. The molecule has 0 unspecified atom stereocenters. The van der Waals surface area contributed by atoms with Crippen LogP contribution in [0.5, 0.6) is 0 Å². The molecule has 0 bridgehead atoms. The van der Waals surface area contributed by atoms with Gasteiger partial charge in [0.05, 0.1) is 5.57 Å². The van der Waals surface area contributed by atoms with Crippen LogP contribution in [0.4, 0.5) is 0 Å². The summed E-state index contributed by atoms with van der Waals surface area (Å²) in [6, 6.07) is 6.52. The summed E-state index contributed by atoms with van der Waals surface area (Å²) in [6.07, 6.45) is 0. The van der Waals surface area contributed by atoms with E-state index in [4.69, 9.17) is 4.74 Å². The van der Waals surface area contributed by atoms with Crippen LogP contribution in [-0.2, 0) is 9.53 Å². The zero-order chi connectivity index (χ0) is 18.4. The van der Waals surface area contributed by atoms with Gasteiger partial charge in [-0.3, -0.25) is 0 Å². The van der Waals surface area contributed by atoms with E-state index in [1.807, 2.05) is 20.8 Å². The Labute approximate surface area is 157 Å². The molecule has 132 valence electrons. The molecule has 0 N–H and O–H groups in total. The Morgan fingerprint density at radius 2 is 1.76 bits per heavy atom. The van der Waals surface area contributed by atoms with E-state index in [2.05, 4.69) is 44.4 Å². The van der Waals surface area contributed by atoms with Crippen molar-refractivity contribution in [3.05, 3.63) is 55.6 Å². The van der Waals surface area contributed by atoms with Gasteiger partial charge in [-0.15, -0.1) is 23.1 Å². The second-order valence-corrected chi connectivity index (χ2v) is 9.44. The summed E-state index contributed by atoms with van der Waals surface area (Å²) >= 11 is 3.45. The molecule has 0 saturated heterocycles. The lowest BCUT2D eigenvalue weighted by molar-refractivity contribution is -0.147. The first kappa shape index (κ1) is 18.3. The number of fused-ring (bicyclic) bond motifs is 1. The highest BCUT2D eigenvalue weighted by Gasteiger charge is 2.25. The lowest BCUT2D eigenvalue weighted by atomic mass is 9.99. The van der Waals surface area contributed by atoms with Crippen molar-refractivity contribution in [1.29, 1.82) is 0 Å². The average Bonchev–Trinajstić information content (AvgIpc) is 2.93. The molecule has 4 heteroatoms. The lowest BCUT2D eigenvalue weighted by Gasteiger charge is -2.22. The van der Waals surface area contributed by atoms with Crippen molar-refractivity contribution >= 4 is 39.5 Å². The molecule has 0 aliphatic carbocycles. The van der Waals surface area contributed by atoms with Crippen LogP contribution in [0.15, 0.2) is 23.6 Å². The van der Waals surface area contributed by atoms with E-state index in [1.165, 1.54) is 31.7 Å². The normalized spacial score (nSPS) is 14.5. The SMILES string of the molecule is Cc1cc(C)c(C2=c3sccc3=C(C(=O)OC(C)(C)C)CS2)c(C)c1. The maximum atomic E-state index is 12.6. The number of hydrogen-bond acceptors (Lipinski definition) is 4. The van der Waals surface area contributed by atoms with Crippen molar-refractivity contribution in [2.45, 2.75) is 47.1 Å². The van der Waals surface area contributed by atoms with Crippen LogP contribution in [-0.4, -0.2) is 17.3 Å². The van der Waals surface area contributed by atoms with Gasteiger partial charge >= 0.3 is 5.97 Å². The van der Waals surface area contributed by atoms with E-state index in [9.17, 15) is 4.79 Å². The average molecular weight is 373 g/mol. The third kappa shape index (κ3) is 3.70. The predicted molar refractivity (Wildman–Crippen MR) is 108 cm³/mol. The fourth-order valence-electron chi connectivity index (χ4n) is 3.24. The Balaban J connectivity index is 2.22. The molecular weight excluding hydrogens is 348 g/mol. The topological polar surface area (TPSA) is 26.3 Å². The minimum atomic E-state index is -0.473. The summed E-state index contributed by atoms with van der Waals surface area (Å²) in [5.74, 6) is 0.455. The highest BCUT2D eigenvalue weighted by molar-refractivity contribution is 8.08. The smallest absolute Gasteiger partial charge is 0.336 e. The maximum Gasteiger partial charge on any atom is 0.336 e. The molecule has 2 heterocycles. The molecule has 0 saturated carbocycles. The van der Waals surface area contributed by atoms with E-state index < -0.39 is 5.60 Å². The van der Waals surface area contributed by atoms with Gasteiger partial charge in [-0.2, -0.15) is 0 Å². The summed E-state index contributed by atoms with van der Waals surface area (Å²) in [4.78, 5) is 13.9. The van der Waals surface area contributed by atoms with Gasteiger partial charge in [0.25, 0.3) is 0 Å². The molecule has 0 amide bonds. The molecule has 25 heavy (non-hydrogen) atoms. The van der Waals surface area contributed by atoms with Gasteiger partial charge in [-0.05, 0) is 69.7 Å². The number of ether oxygens (including phenoxy) is 1. The number of benzene rings is 1. The number of aryl methyl sites for hydroxylation is 3. The second kappa shape index (κ2) is 6.65. The maximum absolute atomic E-state index is 12.6. The third-order valence-electron chi connectivity index (χ3n) is 4.11. The molecule has 1 aromatic carbocycles. The predicted octanol–water partition coefficient (Wildman–Crippen LogP) is 4.07. The van der Waals surface area contributed by atoms with E-state index >= 15 is 0 Å². The summed E-state index contributed by atoms with van der Waals surface area (Å²) in [6.45, 7) is 12.2. The zero-order valence-electron chi connectivity index (χ0n) is 15.6. The zero-order valence-corrected chi connectivity index (χ0v) is 17.3. The number of rotatable bonds is 2. The van der Waals surface area contributed by atoms with Crippen molar-refractivity contribution in [1.82, 2.24) is 0 Å². The lowest BCUT2D eigenvalue weighted by Crippen LogP contribution is -2.34. The summed E-state index contributed by atoms with van der Waals surface area (Å²) in [7, 11) is 0. The largest absolute Gasteiger partial charge is 0.457 e. The summed E-state index contributed by atoms with van der Waals surface area (Å²) in [5, 5.41) is 3.10. The Kier molecular flexibility index (Phi) is 4.86. The molecular formula is C21H24O2S2. The molecule has 2 nitrogen and oxygen atoms in total. The number of carbonyl (C=O) groups is 1. The van der Waals surface area contributed by atoms with E-state index in [1.54, 1.807) is 23.1 Å². The molecule has 0 fully saturated rings. The number of hydrogen-bond donors (Lipinski definition) is 0. The van der Waals surface area contributed by atoms with Crippen LogP contribution < -0.4 is 9.75 Å². The highest BCUT2D eigenvalue weighted by Crippen LogP contribution is 2.34. The fourth-order valence-corrected chi connectivity index (χ4v) is 5.70. The van der Waals surface area contributed by atoms with Crippen molar-refractivity contribution in [2.24, 2.45) is 0 Å². The van der Waals surface area contributed by atoms with Gasteiger partial charge in [0, 0.05) is 20.4 Å². The minimum absolute atomic E-state index is 0.198. The van der Waals surface area contributed by atoms with Crippen molar-refractivity contribution in [3.63, 3.8) is 0 Å². The van der Waals surface area contributed by atoms with E-state index in [0.29, 0.717) is 5.75 Å². The second-order valence-electron chi connectivity index (χ2n) is 7.54.